The highest BCUT2D eigenvalue weighted by Crippen LogP contribution is 2.18. The number of fused-ring (bicyclic) bond motifs is 1. The van der Waals surface area contributed by atoms with Crippen LogP contribution in [0.25, 0.3) is 10.9 Å². The van der Waals surface area contributed by atoms with Gasteiger partial charge in [0.15, 0.2) is 0 Å². The van der Waals surface area contributed by atoms with Gasteiger partial charge in [-0.15, -0.1) is 0 Å². The molecule has 0 amide bonds. The third kappa shape index (κ3) is 2.86. The van der Waals surface area contributed by atoms with E-state index in [4.69, 9.17) is 0 Å². The fourth-order valence-corrected chi connectivity index (χ4v) is 3.29. The molecule has 0 spiro atoms. The van der Waals surface area contributed by atoms with Crippen molar-refractivity contribution in [2.45, 2.75) is 45.2 Å². The second-order valence-corrected chi connectivity index (χ2v) is 6.13. The number of hydrogen-bond acceptors (Lipinski definition) is 3. The van der Waals surface area contributed by atoms with E-state index in [-0.39, 0.29) is 5.56 Å². The molecule has 112 valence electrons. The lowest BCUT2D eigenvalue weighted by Gasteiger charge is -2.32. The molecule has 4 nitrogen and oxygen atoms in total. The molecule has 1 aromatic heterocycles. The summed E-state index contributed by atoms with van der Waals surface area (Å²) >= 11 is 0. The topological polar surface area (TPSA) is 38.1 Å². The average Bonchev–Trinajstić information content (AvgIpc) is 2.49. The van der Waals surface area contributed by atoms with Crippen LogP contribution in [0.1, 0.15) is 31.2 Å². The zero-order valence-corrected chi connectivity index (χ0v) is 12.9. The fraction of sp³-hybridized carbons (Fsp3) is 0.529. The molecule has 0 aliphatic carbocycles. The maximum atomic E-state index is 12.5. The number of benzene rings is 1. The van der Waals surface area contributed by atoms with Crippen molar-refractivity contribution >= 4 is 10.9 Å². The van der Waals surface area contributed by atoms with Gasteiger partial charge in [0.25, 0.3) is 5.56 Å². The Bertz CT molecular complexity index is 692. The zero-order chi connectivity index (χ0) is 14.8. The molecule has 1 aliphatic rings. The Kier molecular flexibility index (Phi) is 4.06. The molecule has 0 saturated carbocycles. The molecular formula is C17H23N3O. The third-order valence-corrected chi connectivity index (χ3v) is 4.68. The molecule has 1 fully saturated rings. The smallest absolute Gasteiger partial charge is 0.261 e. The van der Waals surface area contributed by atoms with E-state index in [1.165, 1.54) is 25.8 Å². The van der Waals surface area contributed by atoms with E-state index in [0.29, 0.717) is 6.04 Å². The van der Waals surface area contributed by atoms with E-state index in [1.807, 2.05) is 25.1 Å². The minimum Gasteiger partial charge on any atom is -0.303 e. The summed E-state index contributed by atoms with van der Waals surface area (Å²) < 4.78 is 1.77. The van der Waals surface area contributed by atoms with Gasteiger partial charge in [-0.2, -0.15) is 0 Å². The van der Waals surface area contributed by atoms with Crippen molar-refractivity contribution in [3.8, 4) is 0 Å². The first-order chi connectivity index (χ1) is 10.2. The van der Waals surface area contributed by atoms with Crippen molar-refractivity contribution in [1.82, 2.24) is 14.5 Å². The number of likely N-dealkylation sites (tertiary alicyclic amines) is 1. The lowest BCUT2D eigenvalue weighted by molar-refractivity contribution is 0.170. The lowest BCUT2D eigenvalue weighted by atomic mass is 10.0. The lowest BCUT2D eigenvalue weighted by Crippen LogP contribution is -2.37. The summed E-state index contributed by atoms with van der Waals surface area (Å²) in [7, 11) is 2.19. The van der Waals surface area contributed by atoms with Crippen molar-refractivity contribution in [2.75, 3.05) is 13.6 Å². The molecule has 0 radical (unpaired) electrons. The van der Waals surface area contributed by atoms with Crippen LogP contribution < -0.4 is 5.56 Å². The van der Waals surface area contributed by atoms with Crippen molar-refractivity contribution in [1.29, 1.82) is 0 Å². The van der Waals surface area contributed by atoms with E-state index >= 15 is 0 Å². The van der Waals surface area contributed by atoms with E-state index in [1.54, 1.807) is 10.9 Å². The summed E-state index contributed by atoms with van der Waals surface area (Å²) in [5, 5.41) is 0.731. The average molecular weight is 285 g/mol. The molecule has 1 aliphatic heterocycles. The fourth-order valence-electron chi connectivity index (χ4n) is 3.29. The van der Waals surface area contributed by atoms with Gasteiger partial charge in [0, 0.05) is 12.6 Å². The largest absolute Gasteiger partial charge is 0.303 e. The second-order valence-electron chi connectivity index (χ2n) is 6.13. The maximum Gasteiger partial charge on any atom is 0.261 e. The van der Waals surface area contributed by atoms with Crippen LogP contribution in [-0.4, -0.2) is 34.1 Å². The molecule has 1 aromatic carbocycles. The number of aromatic nitrogens is 2. The first-order valence-electron chi connectivity index (χ1n) is 7.82. The van der Waals surface area contributed by atoms with Crippen LogP contribution in [0.5, 0.6) is 0 Å². The first kappa shape index (κ1) is 14.3. The summed E-state index contributed by atoms with van der Waals surface area (Å²) in [5.41, 5.74) is 1.97. The summed E-state index contributed by atoms with van der Waals surface area (Å²) in [5.74, 6) is 0. The Hall–Kier alpha value is -1.68. The Balaban J connectivity index is 1.81. The van der Waals surface area contributed by atoms with E-state index < -0.39 is 0 Å². The highest BCUT2D eigenvalue weighted by atomic mass is 16.1. The summed E-state index contributed by atoms with van der Waals surface area (Å²) in [4.78, 5) is 19.4. The second kappa shape index (κ2) is 5.98. The maximum absolute atomic E-state index is 12.5. The molecular weight excluding hydrogens is 262 g/mol. The predicted molar refractivity (Wildman–Crippen MR) is 85.6 cm³/mol. The number of aryl methyl sites for hydroxylation is 2. The number of piperidine rings is 1. The Morgan fingerprint density at radius 2 is 2.19 bits per heavy atom. The quantitative estimate of drug-likeness (QED) is 0.870. The van der Waals surface area contributed by atoms with E-state index in [9.17, 15) is 4.79 Å². The minimum absolute atomic E-state index is 0.0853. The van der Waals surface area contributed by atoms with Gasteiger partial charge in [0.2, 0.25) is 0 Å². The Morgan fingerprint density at radius 3 is 3.00 bits per heavy atom. The van der Waals surface area contributed by atoms with Gasteiger partial charge in [0.05, 0.1) is 17.2 Å². The molecule has 2 heterocycles. The van der Waals surface area contributed by atoms with Gasteiger partial charge in [-0.3, -0.25) is 9.36 Å². The van der Waals surface area contributed by atoms with Crippen molar-refractivity contribution in [3.63, 3.8) is 0 Å². The molecule has 1 saturated heterocycles. The van der Waals surface area contributed by atoms with Crippen LogP contribution in [0.4, 0.5) is 0 Å². The Labute approximate surface area is 125 Å². The van der Waals surface area contributed by atoms with Crippen LogP contribution >= 0.6 is 0 Å². The first-order valence-corrected chi connectivity index (χ1v) is 7.82. The number of rotatable bonds is 3. The van der Waals surface area contributed by atoms with Crippen LogP contribution in [0.2, 0.25) is 0 Å². The standard InChI is InChI=1S/C17H23N3O/c1-13-6-5-8-15-16(13)18-12-20(17(15)21)11-9-14-7-3-4-10-19(14)2/h5-6,8,12,14H,3-4,7,9-11H2,1-2H3/t14-/m0/s1. The highest BCUT2D eigenvalue weighted by Gasteiger charge is 2.18. The summed E-state index contributed by atoms with van der Waals surface area (Å²) in [6.07, 6.45) is 6.57. The van der Waals surface area contributed by atoms with Crippen LogP contribution in [-0.2, 0) is 6.54 Å². The van der Waals surface area contributed by atoms with Gasteiger partial charge < -0.3 is 4.90 Å². The summed E-state index contributed by atoms with van der Waals surface area (Å²) in [6, 6.07) is 6.40. The minimum atomic E-state index is 0.0853. The summed E-state index contributed by atoms with van der Waals surface area (Å²) in [6.45, 7) is 3.93. The molecule has 4 heteroatoms. The number of nitrogens with zero attached hydrogens (tertiary/aromatic N) is 3. The van der Waals surface area contributed by atoms with Crippen molar-refractivity contribution in [2.24, 2.45) is 0 Å². The molecule has 0 N–H and O–H groups in total. The molecule has 2 aromatic rings. The predicted octanol–water partition coefficient (Wildman–Crippen LogP) is 2.58. The molecule has 3 rings (SSSR count). The highest BCUT2D eigenvalue weighted by molar-refractivity contribution is 5.80. The third-order valence-electron chi connectivity index (χ3n) is 4.68. The van der Waals surface area contributed by atoms with Gasteiger partial charge in [-0.1, -0.05) is 18.6 Å². The monoisotopic (exact) mass is 285 g/mol. The van der Waals surface area contributed by atoms with Crippen LogP contribution in [0.3, 0.4) is 0 Å². The van der Waals surface area contributed by atoms with Gasteiger partial charge >= 0.3 is 0 Å². The normalized spacial score (nSPS) is 20.0. The van der Waals surface area contributed by atoms with Crippen molar-refractivity contribution < 1.29 is 0 Å². The zero-order valence-electron chi connectivity index (χ0n) is 12.9. The number of hydrogen-bond donors (Lipinski definition) is 0. The van der Waals surface area contributed by atoms with Gasteiger partial charge in [-0.25, -0.2) is 4.98 Å². The molecule has 0 unspecified atom stereocenters. The van der Waals surface area contributed by atoms with E-state index in [2.05, 4.69) is 16.9 Å². The van der Waals surface area contributed by atoms with Gasteiger partial charge in [0.1, 0.15) is 0 Å². The van der Waals surface area contributed by atoms with E-state index in [0.717, 1.165) is 29.4 Å². The molecule has 21 heavy (non-hydrogen) atoms. The van der Waals surface area contributed by atoms with Crippen molar-refractivity contribution in [3.05, 3.63) is 40.4 Å². The molecule has 1 atom stereocenters. The molecule has 0 bridgehead atoms. The number of para-hydroxylation sites is 1. The Morgan fingerprint density at radius 1 is 1.33 bits per heavy atom. The SMILES string of the molecule is Cc1cccc2c(=O)n(CC[C@@H]3CCCCN3C)cnc12. The van der Waals surface area contributed by atoms with Gasteiger partial charge in [-0.05, 0) is 51.4 Å². The van der Waals surface area contributed by atoms with Crippen LogP contribution in [0, 0.1) is 6.92 Å². The van der Waals surface area contributed by atoms with Crippen LogP contribution in [0.15, 0.2) is 29.3 Å².